The number of fused-ring (bicyclic) bond motifs is 1. The first-order valence-corrected chi connectivity index (χ1v) is 7.53. The van der Waals surface area contributed by atoms with Crippen molar-refractivity contribution < 1.29 is 9.21 Å². The van der Waals surface area contributed by atoms with Gasteiger partial charge in [0.2, 0.25) is 5.82 Å². The average molecular weight is 309 g/mol. The fraction of sp³-hybridized carbons (Fsp3) is 0.250. The standard InChI is InChI=1S/C16H15N5O2/c1-2-12-4-6-14(23-12)16(22)21-8-7-10-9-11(3-5-13(10)21)15-17-19-20-18-15/h3-6,9H,2,7-8H2,1H3,(H,17,18,19,20). The molecule has 116 valence electrons. The van der Waals surface area contributed by atoms with E-state index in [1.165, 1.54) is 0 Å². The number of aromatic nitrogens is 4. The van der Waals surface area contributed by atoms with E-state index in [1.807, 2.05) is 31.2 Å². The van der Waals surface area contributed by atoms with Gasteiger partial charge in [-0.1, -0.05) is 6.92 Å². The van der Waals surface area contributed by atoms with Crippen LogP contribution < -0.4 is 4.90 Å². The number of nitrogens with one attached hydrogen (secondary N) is 1. The van der Waals surface area contributed by atoms with Gasteiger partial charge in [-0.3, -0.25) is 4.79 Å². The molecule has 1 aliphatic rings. The number of anilines is 1. The first-order chi connectivity index (χ1) is 11.3. The monoisotopic (exact) mass is 309 g/mol. The lowest BCUT2D eigenvalue weighted by molar-refractivity contribution is 0.0961. The molecule has 1 amide bonds. The molecular formula is C16H15N5O2. The topological polar surface area (TPSA) is 87.9 Å². The Balaban J connectivity index is 1.64. The summed E-state index contributed by atoms with van der Waals surface area (Å²) in [5.41, 5.74) is 2.90. The molecule has 0 fully saturated rings. The fourth-order valence-electron chi connectivity index (χ4n) is 2.85. The number of hydrogen-bond donors (Lipinski definition) is 1. The summed E-state index contributed by atoms with van der Waals surface area (Å²) in [6.07, 6.45) is 1.58. The van der Waals surface area contributed by atoms with Crippen LogP contribution in [0.2, 0.25) is 0 Å². The van der Waals surface area contributed by atoms with Crippen LogP contribution in [0.15, 0.2) is 34.7 Å². The number of H-pyrrole nitrogens is 1. The maximum Gasteiger partial charge on any atom is 0.293 e. The predicted molar refractivity (Wildman–Crippen MR) is 83.1 cm³/mol. The van der Waals surface area contributed by atoms with Gasteiger partial charge in [0.25, 0.3) is 5.91 Å². The minimum absolute atomic E-state index is 0.101. The predicted octanol–water partition coefficient (Wildman–Crippen LogP) is 2.22. The molecule has 1 aliphatic heterocycles. The van der Waals surface area contributed by atoms with Crippen LogP contribution in [-0.2, 0) is 12.8 Å². The van der Waals surface area contributed by atoms with Gasteiger partial charge in [0.1, 0.15) is 5.76 Å². The lowest BCUT2D eigenvalue weighted by Crippen LogP contribution is -2.28. The van der Waals surface area contributed by atoms with Gasteiger partial charge in [-0.05, 0) is 47.5 Å². The number of carbonyl (C=O) groups excluding carboxylic acids is 1. The minimum atomic E-state index is -0.101. The summed E-state index contributed by atoms with van der Waals surface area (Å²) in [5, 5.41) is 14.0. The quantitative estimate of drug-likeness (QED) is 0.801. The van der Waals surface area contributed by atoms with E-state index in [1.54, 1.807) is 11.0 Å². The molecule has 2 aromatic heterocycles. The van der Waals surface area contributed by atoms with Crippen molar-refractivity contribution >= 4 is 11.6 Å². The Bertz CT molecular complexity index is 853. The van der Waals surface area contributed by atoms with Crippen molar-refractivity contribution in [2.45, 2.75) is 19.8 Å². The number of tetrazole rings is 1. The lowest BCUT2D eigenvalue weighted by atomic mass is 10.1. The van der Waals surface area contributed by atoms with Crippen molar-refractivity contribution in [1.29, 1.82) is 0 Å². The number of aryl methyl sites for hydroxylation is 1. The molecule has 0 radical (unpaired) electrons. The zero-order valence-electron chi connectivity index (χ0n) is 12.6. The molecule has 1 aromatic carbocycles. The number of carbonyl (C=O) groups is 1. The third-order valence-corrected chi connectivity index (χ3v) is 4.04. The smallest absolute Gasteiger partial charge is 0.293 e. The van der Waals surface area contributed by atoms with Crippen molar-refractivity contribution in [2.75, 3.05) is 11.4 Å². The number of benzene rings is 1. The van der Waals surface area contributed by atoms with Crippen LogP contribution >= 0.6 is 0 Å². The number of nitrogens with zero attached hydrogens (tertiary/aromatic N) is 4. The molecule has 0 saturated heterocycles. The molecule has 0 bridgehead atoms. The molecule has 7 heteroatoms. The summed E-state index contributed by atoms with van der Waals surface area (Å²) < 4.78 is 5.58. The average Bonchev–Trinajstić information content (AvgIpc) is 3.32. The molecule has 0 spiro atoms. The highest BCUT2D eigenvalue weighted by Gasteiger charge is 2.28. The van der Waals surface area contributed by atoms with Gasteiger partial charge >= 0.3 is 0 Å². The fourth-order valence-corrected chi connectivity index (χ4v) is 2.85. The van der Waals surface area contributed by atoms with Crippen LogP contribution in [0.4, 0.5) is 5.69 Å². The van der Waals surface area contributed by atoms with Crippen molar-refractivity contribution in [2.24, 2.45) is 0 Å². The zero-order chi connectivity index (χ0) is 15.8. The SMILES string of the molecule is CCc1ccc(C(=O)N2CCc3cc(-c4nn[nH]n4)ccc32)o1. The van der Waals surface area contributed by atoms with Gasteiger partial charge in [0.15, 0.2) is 5.76 Å². The highest BCUT2D eigenvalue weighted by atomic mass is 16.4. The Kier molecular flexibility index (Phi) is 3.18. The summed E-state index contributed by atoms with van der Waals surface area (Å²) in [6.45, 7) is 2.64. The number of rotatable bonds is 3. The van der Waals surface area contributed by atoms with Crippen LogP contribution in [-0.4, -0.2) is 33.1 Å². The minimum Gasteiger partial charge on any atom is -0.456 e. The molecule has 7 nitrogen and oxygen atoms in total. The van der Waals surface area contributed by atoms with Crippen LogP contribution in [0, 0.1) is 0 Å². The van der Waals surface area contributed by atoms with E-state index in [0.29, 0.717) is 18.1 Å². The first-order valence-electron chi connectivity index (χ1n) is 7.53. The van der Waals surface area contributed by atoms with E-state index < -0.39 is 0 Å². The van der Waals surface area contributed by atoms with E-state index in [0.717, 1.165) is 35.4 Å². The second-order valence-electron chi connectivity index (χ2n) is 5.41. The molecule has 4 rings (SSSR count). The van der Waals surface area contributed by atoms with Crippen molar-refractivity contribution in [3.8, 4) is 11.4 Å². The van der Waals surface area contributed by atoms with E-state index in [9.17, 15) is 4.79 Å². The molecule has 23 heavy (non-hydrogen) atoms. The van der Waals surface area contributed by atoms with Crippen LogP contribution in [0.25, 0.3) is 11.4 Å². The summed E-state index contributed by atoms with van der Waals surface area (Å²) in [5.74, 6) is 1.66. The maximum atomic E-state index is 12.6. The molecule has 0 atom stereocenters. The van der Waals surface area contributed by atoms with Gasteiger partial charge in [-0.25, -0.2) is 0 Å². The Labute approximate surface area is 132 Å². The summed E-state index contributed by atoms with van der Waals surface area (Å²) in [6, 6.07) is 9.42. The van der Waals surface area contributed by atoms with Gasteiger partial charge in [0.05, 0.1) is 0 Å². The van der Waals surface area contributed by atoms with Gasteiger partial charge < -0.3 is 9.32 Å². The van der Waals surface area contributed by atoms with Crippen LogP contribution in [0.1, 0.15) is 28.8 Å². The molecule has 0 aliphatic carbocycles. The van der Waals surface area contributed by atoms with Crippen LogP contribution in [0.3, 0.4) is 0 Å². The summed E-state index contributed by atoms with van der Waals surface area (Å²) in [4.78, 5) is 14.4. The molecule has 0 saturated carbocycles. The first kappa shape index (κ1) is 13.7. The van der Waals surface area contributed by atoms with E-state index in [2.05, 4.69) is 20.6 Å². The second-order valence-corrected chi connectivity index (χ2v) is 5.41. The van der Waals surface area contributed by atoms with E-state index in [4.69, 9.17) is 4.42 Å². The Hall–Kier alpha value is -2.96. The van der Waals surface area contributed by atoms with Crippen molar-refractivity contribution in [3.05, 3.63) is 47.4 Å². The van der Waals surface area contributed by atoms with Crippen LogP contribution in [0.5, 0.6) is 0 Å². The summed E-state index contributed by atoms with van der Waals surface area (Å²) in [7, 11) is 0. The Morgan fingerprint density at radius 1 is 1.35 bits per heavy atom. The van der Waals surface area contributed by atoms with Crippen molar-refractivity contribution in [3.63, 3.8) is 0 Å². The van der Waals surface area contributed by atoms with E-state index in [-0.39, 0.29) is 5.91 Å². The van der Waals surface area contributed by atoms with Gasteiger partial charge in [-0.15, -0.1) is 10.2 Å². The van der Waals surface area contributed by atoms with Crippen molar-refractivity contribution in [1.82, 2.24) is 20.6 Å². The number of hydrogen-bond acceptors (Lipinski definition) is 5. The molecule has 0 unspecified atom stereocenters. The third kappa shape index (κ3) is 2.30. The zero-order valence-corrected chi connectivity index (χ0v) is 12.6. The molecule has 3 aromatic rings. The molecular weight excluding hydrogens is 294 g/mol. The number of aromatic amines is 1. The summed E-state index contributed by atoms with van der Waals surface area (Å²) >= 11 is 0. The number of amides is 1. The lowest BCUT2D eigenvalue weighted by Gasteiger charge is -2.15. The molecule has 3 heterocycles. The van der Waals surface area contributed by atoms with Gasteiger partial charge in [-0.2, -0.15) is 5.21 Å². The largest absolute Gasteiger partial charge is 0.456 e. The maximum absolute atomic E-state index is 12.6. The second kappa shape index (κ2) is 5.35. The Morgan fingerprint density at radius 2 is 2.26 bits per heavy atom. The number of furan rings is 1. The normalized spacial score (nSPS) is 13.3. The highest BCUT2D eigenvalue weighted by molar-refractivity contribution is 6.05. The highest BCUT2D eigenvalue weighted by Crippen LogP contribution is 2.32. The van der Waals surface area contributed by atoms with E-state index >= 15 is 0 Å². The molecule has 1 N–H and O–H groups in total. The third-order valence-electron chi connectivity index (χ3n) is 4.04. The van der Waals surface area contributed by atoms with Gasteiger partial charge in [0, 0.05) is 24.2 Å². The Morgan fingerprint density at radius 3 is 3.00 bits per heavy atom.